The van der Waals surface area contributed by atoms with Crippen molar-refractivity contribution in [2.45, 2.75) is 13.5 Å². The van der Waals surface area contributed by atoms with Crippen molar-refractivity contribution in [2.24, 2.45) is 0 Å². The highest BCUT2D eigenvalue weighted by molar-refractivity contribution is 5.87. The molecule has 0 radical (unpaired) electrons. The summed E-state index contributed by atoms with van der Waals surface area (Å²) in [5.41, 5.74) is 2.13. The van der Waals surface area contributed by atoms with Crippen LogP contribution in [-0.4, -0.2) is 22.1 Å². The molecule has 0 amide bonds. The summed E-state index contributed by atoms with van der Waals surface area (Å²) in [7, 11) is 0. The van der Waals surface area contributed by atoms with E-state index in [0.717, 1.165) is 17.7 Å². The highest BCUT2D eigenvalue weighted by atomic mass is 16.5. The maximum atomic E-state index is 11.3. The molecule has 0 unspecified atom stereocenters. The van der Waals surface area contributed by atoms with Crippen molar-refractivity contribution in [3.05, 3.63) is 60.2 Å². The number of hydrogen-bond donors (Lipinski definition) is 0. The number of carbonyl (C=O) groups excluding carboxylic acids is 1. The molecule has 0 atom stereocenters. The highest BCUT2D eigenvalue weighted by Crippen LogP contribution is 2.12. The van der Waals surface area contributed by atoms with Crippen LogP contribution in [0.15, 0.2) is 49.1 Å². The number of rotatable bonds is 5. The average molecular weight is 256 g/mol. The molecule has 0 aliphatic carbocycles. The summed E-state index contributed by atoms with van der Waals surface area (Å²) in [6.07, 6.45) is 8.66. The molecule has 0 fully saturated rings. The largest absolute Gasteiger partial charge is 0.463 e. The molecule has 19 heavy (non-hydrogen) atoms. The molecule has 0 aliphatic rings. The number of benzene rings is 1. The summed E-state index contributed by atoms with van der Waals surface area (Å²) >= 11 is 0. The highest BCUT2D eigenvalue weighted by Gasteiger charge is 2.01. The summed E-state index contributed by atoms with van der Waals surface area (Å²) in [5.74, 6) is -0.320. The Morgan fingerprint density at radius 1 is 1.42 bits per heavy atom. The standard InChI is InChI=1S/C15H16N2O2/c1-2-19-15(18)8-7-13-5-3-4-6-14(13)11-17-10-9-16-12-17/h3-10,12H,2,11H2,1H3/b8-7+. The Hall–Kier alpha value is -2.36. The zero-order valence-electron chi connectivity index (χ0n) is 10.8. The number of carbonyl (C=O) groups is 1. The Balaban J connectivity index is 2.14. The van der Waals surface area contributed by atoms with Gasteiger partial charge < -0.3 is 9.30 Å². The van der Waals surface area contributed by atoms with Crippen molar-refractivity contribution in [1.29, 1.82) is 0 Å². The van der Waals surface area contributed by atoms with Crippen LogP contribution in [0.3, 0.4) is 0 Å². The van der Waals surface area contributed by atoms with Gasteiger partial charge in [0.05, 0.1) is 12.9 Å². The van der Waals surface area contributed by atoms with Gasteiger partial charge in [0.2, 0.25) is 0 Å². The lowest BCUT2D eigenvalue weighted by Gasteiger charge is -2.06. The Morgan fingerprint density at radius 3 is 3.00 bits per heavy atom. The Bertz CT molecular complexity index is 559. The van der Waals surface area contributed by atoms with Crippen LogP contribution in [0.2, 0.25) is 0 Å². The maximum Gasteiger partial charge on any atom is 0.330 e. The second kappa shape index (κ2) is 6.54. The Labute approximate surface area is 112 Å². The van der Waals surface area contributed by atoms with Gasteiger partial charge in [0.1, 0.15) is 0 Å². The first-order valence-electron chi connectivity index (χ1n) is 6.18. The molecule has 1 heterocycles. The summed E-state index contributed by atoms with van der Waals surface area (Å²) in [6, 6.07) is 7.93. The van der Waals surface area contributed by atoms with E-state index in [-0.39, 0.29) is 5.97 Å². The van der Waals surface area contributed by atoms with Crippen molar-refractivity contribution < 1.29 is 9.53 Å². The maximum absolute atomic E-state index is 11.3. The van der Waals surface area contributed by atoms with Crippen molar-refractivity contribution in [3.63, 3.8) is 0 Å². The fraction of sp³-hybridized carbons (Fsp3) is 0.200. The van der Waals surface area contributed by atoms with Gasteiger partial charge in [-0.2, -0.15) is 0 Å². The quantitative estimate of drug-likeness (QED) is 0.610. The van der Waals surface area contributed by atoms with Gasteiger partial charge in [-0.25, -0.2) is 9.78 Å². The predicted molar refractivity (Wildman–Crippen MR) is 73.4 cm³/mol. The van der Waals surface area contributed by atoms with E-state index in [0.29, 0.717) is 6.61 Å². The summed E-state index contributed by atoms with van der Waals surface area (Å²) in [4.78, 5) is 15.3. The van der Waals surface area contributed by atoms with E-state index >= 15 is 0 Å². The molecular weight excluding hydrogens is 240 g/mol. The molecule has 0 N–H and O–H groups in total. The van der Waals surface area contributed by atoms with Crippen molar-refractivity contribution in [3.8, 4) is 0 Å². The Kier molecular flexibility index (Phi) is 4.50. The molecule has 0 aliphatic heterocycles. The second-order valence-electron chi connectivity index (χ2n) is 4.02. The van der Waals surface area contributed by atoms with Crippen LogP contribution < -0.4 is 0 Å². The molecule has 0 saturated carbocycles. The van der Waals surface area contributed by atoms with Gasteiger partial charge in [-0.05, 0) is 24.1 Å². The van der Waals surface area contributed by atoms with Crippen LogP contribution in [0.4, 0.5) is 0 Å². The molecule has 2 rings (SSSR count). The normalized spacial score (nSPS) is 10.8. The Morgan fingerprint density at radius 2 is 2.26 bits per heavy atom. The van der Waals surface area contributed by atoms with Gasteiger partial charge >= 0.3 is 5.97 Å². The van der Waals surface area contributed by atoms with E-state index < -0.39 is 0 Å². The molecule has 1 aromatic carbocycles. The number of esters is 1. The molecule has 4 nitrogen and oxygen atoms in total. The second-order valence-corrected chi connectivity index (χ2v) is 4.02. The van der Waals surface area contributed by atoms with E-state index in [4.69, 9.17) is 4.74 Å². The van der Waals surface area contributed by atoms with Crippen LogP contribution in [0, 0.1) is 0 Å². The first-order chi connectivity index (χ1) is 9.29. The zero-order valence-corrected chi connectivity index (χ0v) is 10.8. The van der Waals surface area contributed by atoms with Crippen molar-refractivity contribution in [2.75, 3.05) is 6.61 Å². The summed E-state index contributed by atoms with van der Waals surface area (Å²) < 4.78 is 6.85. The van der Waals surface area contributed by atoms with Crippen molar-refractivity contribution >= 4 is 12.0 Å². The van der Waals surface area contributed by atoms with Crippen LogP contribution in [0.1, 0.15) is 18.1 Å². The smallest absolute Gasteiger partial charge is 0.330 e. The number of nitrogens with zero attached hydrogens (tertiary/aromatic N) is 2. The third kappa shape index (κ3) is 3.81. The molecular formula is C15H16N2O2. The molecule has 2 aromatic rings. The fourth-order valence-corrected chi connectivity index (χ4v) is 1.77. The van der Waals surface area contributed by atoms with E-state index in [1.807, 2.05) is 35.0 Å². The number of ether oxygens (including phenoxy) is 1. The predicted octanol–water partition coefficient (Wildman–Crippen LogP) is 2.51. The molecule has 0 bridgehead atoms. The average Bonchev–Trinajstić information content (AvgIpc) is 2.91. The van der Waals surface area contributed by atoms with Crippen LogP contribution in [0.5, 0.6) is 0 Å². The van der Waals surface area contributed by atoms with Crippen molar-refractivity contribution in [1.82, 2.24) is 9.55 Å². The van der Waals surface area contributed by atoms with E-state index in [1.54, 1.807) is 25.5 Å². The lowest BCUT2D eigenvalue weighted by molar-refractivity contribution is -0.137. The van der Waals surface area contributed by atoms with Gasteiger partial charge in [-0.3, -0.25) is 0 Å². The molecule has 0 saturated heterocycles. The third-order valence-corrected chi connectivity index (χ3v) is 2.65. The first kappa shape index (κ1) is 13.1. The number of aromatic nitrogens is 2. The van der Waals surface area contributed by atoms with Gasteiger partial charge in [0.15, 0.2) is 0 Å². The van der Waals surface area contributed by atoms with Crippen LogP contribution in [0.25, 0.3) is 6.08 Å². The first-order valence-corrected chi connectivity index (χ1v) is 6.18. The van der Waals surface area contributed by atoms with Gasteiger partial charge in [0.25, 0.3) is 0 Å². The van der Waals surface area contributed by atoms with Gasteiger partial charge in [-0.15, -0.1) is 0 Å². The molecule has 0 spiro atoms. The van der Waals surface area contributed by atoms with Crippen LogP contribution >= 0.6 is 0 Å². The SMILES string of the molecule is CCOC(=O)/C=C/c1ccccc1Cn1ccnc1. The minimum absolute atomic E-state index is 0.320. The summed E-state index contributed by atoms with van der Waals surface area (Å²) in [6.45, 7) is 2.90. The molecule has 1 aromatic heterocycles. The lowest BCUT2D eigenvalue weighted by Crippen LogP contribution is -2.00. The third-order valence-electron chi connectivity index (χ3n) is 2.65. The minimum Gasteiger partial charge on any atom is -0.463 e. The monoisotopic (exact) mass is 256 g/mol. The molecule has 4 heteroatoms. The van der Waals surface area contributed by atoms with Gasteiger partial charge in [0, 0.05) is 25.0 Å². The van der Waals surface area contributed by atoms with E-state index in [9.17, 15) is 4.79 Å². The minimum atomic E-state index is -0.320. The number of imidazole rings is 1. The van der Waals surface area contributed by atoms with Crippen LogP contribution in [-0.2, 0) is 16.1 Å². The molecule has 98 valence electrons. The topological polar surface area (TPSA) is 44.1 Å². The number of hydrogen-bond acceptors (Lipinski definition) is 3. The summed E-state index contributed by atoms with van der Waals surface area (Å²) in [5, 5.41) is 0. The fourth-order valence-electron chi connectivity index (χ4n) is 1.77. The van der Waals surface area contributed by atoms with E-state index in [2.05, 4.69) is 4.98 Å². The van der Waals surface area contributed by atoms with Gasteiger partial charge in [-0.1, -0.05) is 24.3 Å². The lowest BCUT2D eigenvalue weighted by atomic mass is 10.1. The van der Waals surface area contributed by atoms with E-state index in [1.165, 1.54) is 6.08 Å². The zero-order chi connectivity index (χ0) is 13.5.